The maximum Gasteiger partial charge on any atom is 0.170 e. The minimum Gasteiger partial charge on any atom is -0.395 e. The highest BCUT2D eigenvalue weighted by molar-refractivity contribution is 5.94. The van der Waals surface area contributed by atoms with E-state index in [1.807, 2.05) is 0 Å². The average molecular weight is 238 g/mol. The molecule has 3 saturated carbocycles. The first-order valence-electron chi connectivity index (χ1n) is 6.61. The second-order valence-corrected chi connectivity index (χ2v) is 7.49. The molecule has 5 atom stereocenters. The standard InChI is InChI=1S/C14H22O3/c1-12(2)4-8-9(5-12)13(3)6-14(13,7-15)11(17)10(8)16/h8-10,15-16H,4-7H2,1-3H3. The van der Waals surface area contributed by atoms with E-state index in [0.717, 1.165) is 19.3 Å². The van der Waals surface area contributed by atoms with Gasteiger partial charge in [-0.15, -0.1) is 0 Å². The number of carbonyl (C=O) groups excluding carboxylic acids is 1. The van der Waals surface area contributed by atoms with Crippen molar-refractivity contribution in [2.45, 2.75) is 46.1 Å². The number of hydrogen-bond acceptors (Lipinski definition) is 3. The zero-order valence-corrected chi connectivity index (χ0v) is 10.9. The molecule has 3 nitrogen and oxygen atoms in total. The summed E-state index contributed by atoms with van der Waals surface area (Å²) in [6.45, 7) is 6.47. The van der Waals surface area contributed by atoms with Crippen LogP contribution in [0.25, 0.3) is 0 Å². The maximum atomic E-state index is 12.3. The van der Waals surface area contributed by atoms with Gasteiger partial charge in [-0.1, -0.05) is 20.8 Å². The molecule has 2 N–H and O–H groups in total. The smallest absolute Gasteiger partial charge is 0.170 e. The lowest BCUT2D eigenvalue weighted by Gasteiger charge is -2.38. The molecule has 0 bridgehead atoms. The molecular weight excluding hydrogens is 216 g/mol. The first-order chi connectivity index (χ1) is 7.77. The Morgan fingerprint density at radius 2 is 1.94 bits per heavy atom. The number of fused-ring (bicyclic) bond motifs is 3. The van der Waals surface area contributed by atoms with Gasteiger partial charge in [-0.05, 0) is 41.9 Å². The van der Waals surface area contributed by atoms with Crippen molar-refractivity contribution in [1.29, 1.82) is 0 Å². The molecule has 0 aliphatic heterocycles. The van der Waals surface area contributed by atoms with Gasteiger partial charge in [0.25, 0.3) is 0 Å². The van der Waals surface area contributed by atoms with Crippen molar-refractivity contribution >= 4 is 5.78 Å². The van der Waals surface area contributed by atoms with E-state index in [-0.39, 0.29) is 29.1 Å². The van der Waals surface area contributed by atoms with Gasteiger partial charge in [-0.2, -0.15) is 0 Å². The second-order valence-electron chi connectivity index (χ2n) is 7.49. The van der Waals surface area contributed by atoms with Crippen LogP contribution in [0.1, 0.15) is 40.0 Å². The summed E-state index contributed by atoms with van der Waals surface area (Å²) in [5, 5.41) is 19.8. The number of rotatable bonds is 1. The molecule has 0 aromatic heterocycles. The van der Waals surface area contributed by atoms with Crippen LogP contribution in [0.3, 0.4) is 0 Å². The Hall–Kier alpha value is -0.410. The van der Waals surface area contributed by atoms with E-state index in [9.17, 15) is 15.0 Å². The molecule has 3 heteroatoms. The zero-order valence-electron chi connectivity index (χ0n) is 10.9. The van der Waals surface area contributed by atoms with Crippen molar-refractivity contribution in [1.82, 2.24) is 0 Å². The lowest BCUT2D eigenvalue weighted by Crippen LogP contribution is -2.48. The molecule has 3 aliphatic rings. The van der Waals surface area contributed by atoms with Crippen molar-refractivity contribution in [2.24, 2.45) is 28.1 Å². The number of aliphatic hydroxyl groups is 2. The van der Waals surface area contributed by atoms with Crippen LogP contribution < -0.4 is 0 Å². The average Bonchev–Trinajstić information content (AvgIpc) is 2.75. The van der Waals surface area contributed by atoms with E-state index in [1.54, 1.807) is 0 Å². The molecule has 0 spiro atoms. The van der Waals surface area contributed by atoms with Gasteiger partial charge in [0.1, 0.15) is 6.10 Å². The molecular formula is C14H22O3. The van der Waals surface area contributed by atoms with E-state index in [2.05, 4.69) is 20.8 Å². The number of aliphatic hydroxyl groups excluding tert-OH is 2. The topological polar surface area (TPSA) is 57.5 Å². The number of Topliss-reactive ketones (excluding diaryl/α,β-unsaturated/α-hetero) is 1. The summed E-state index contributed by atoms with van der Waals surface area (Å²) >= 11 is 0. The fraction of sp³-hybridized carbons (Fsp3) is 0.929. The Morgan fingerprint density at radius 3 is 2.53 bits per heavy atom. The monoisotopic (exact) mass is 238 g/mol. The number of carbonyl (C=O) groups is 1. The summed E-state index contributed by atoms with van der Waals surface area (Å²) in [7, 11) is 0. The van der Waals surface area contributed by atoms with Crippen LogP contribution in [-0.4, -0.2) is 28.7 Å². The van der Waals surface area contributed by atoms with Crippen molar-refractivity contribution in [3.05, 3.63) is 0 Å². The molecule has 3 fully saturated rings. The van der Waals surface area contributed by atoms with Gasteiger partial charge >= 0.3 is 0 Å². The van der Waals surface area contributed by atoms with Gasteiger partial charge in [0, 0.05) is 0 Å². The van der Waals surface area contributed by atoms with Crippen LogP contribution in [0.4, 0.5) is 0 Å². The van der Waals surface area contributed by atoms with Crippen LogP contribution in [0.15, 0.2) is 0 Å². The fourth-order valence-corrected chi connectivity index (χ4v) is 4.87. The molecule has 0 saturated heterocycles. The summed E-state index contributed by atoms with van der Waals surface area (Å²) in [4.78, 5) is 12.3. The molecule has 0 radical (unpaired) electrons. The fourth-order valence-electron chi connectivity index (χ4n) is 4.87. The third-order valence-corrected chi connectivity index (χ3v) is 5.95. The highest BCUT2D eigenvalue weighted by Gasteiger charge is 2.77. The van der Waals surface area contributed by atoms with Crippen LogP contribution >= 0.6 is 0 Å². The van der Waals surface area contributed by atoms with E-state index >= 15 is 0 Å². The SMILES string of the molecule is CC1(C)CC2C(O)C(=O)C3(CO)CC3(C)C2C1. The summed E-state index contributed by atoms with van der Waals surface area (Å²) in [5.41, 5.74) is -0.460. The summed E-state index contributed by atoms with van der Waals surface area (Å²) in [6.07, 6.45) is 1.93. The van der Waals surface area contributed by atoms with Crippen LogP contribution in [-0.2, 0) is 4.79 Å². The zero-order chi connectivity index (χ0) is 12.6. The number of hydrogen-bond donors (Lipinski definition) is 2. The van der Waals surface area contributed by atoms with Gasteiger partial charge in [0.15, 0.2) is 5.78 Å². The summed E-state index contributed by atoms with van der Waals surface area (Å²) < 4.78 is 0. The second kappa shape index (κ2) is 2.94. The first kappa shape index (κ1) is 11.7. The molecule has 96 valence electrons. The van der Waals surface area contributed by atoms with Crippen molar-refractivity contribution in [2.75, 3.05) is 6.61 Å². The quantitative estimate of drug-likeness (QED) is 0.725. The largest absolute Gasteiger partial charge is 0.395 e. The maximum absolute atomic E-state index is 12.3. The third-order valence-electron chi connectivity index (χ3n) is 5.95. The molecule has 3 rings (SSSR count). The number of ketones is 1. The Bertz CT molecular complexity index is 389. The molecule has 17 heavy (non-hydrogen) atoms. The molecule has 0 aromatic rings. The van der Waals surface area contributed by atoms with Crippen LogP contribution in [0.5, 0.6) is 0 Å². The van der Waals surface area contributed by atoms with Gasteiger partial charge in [0.05, 0.1) is 12.0 Å². The van der Waals surface area contributed by atoms with E-state index in [4.69, 9.17) is 0 Å². The lowest BCUT2D eigenvalue weighted by atomic mass is 9.67. The van der Waals surface area contributed by atoms with Crippen molar-refractivity contribution < 1.29 is 15.0 Å². The summed E-state index contributed by atoms with van der Waals surface area (Å²) in [5.74, 6) is 0.420. The van der Waals surface area contributed by atoms with Crippen LogP contribution in [0, 0.1) is 28.1 Å². The normalized spacial score (nSPS) is 55.4. The summed E-state index contributed by atoms with van der Waals surface area (Å²) in [6, 6.07) is 0. The lowest BCUT2D eigenvalue weighted by molar-refractivity contribution is -0.146. The first-order valence-corrected chi connectivity index (χ1v) is 6.61. The molecule has 0 aromatic carbocycles. The third kappa shape index (κ3) is 1.17. The Balaban J connectivity index is 2.01. The Kier molecular flexibility index (Phi) is 2.02. The molecule has 3 aliphatic carbocycles. The minimum absolute atomic E-state index is 0.0590. The molecule has 0 heterocycles. The van der Waals surface area contributed by atoms with Crippen LogP contribution in [0.2, 0.25) is 0 Å². The Labute approximate surface area is 102 Å². The van der Waals surface area contributed by atoms with Gasteiger partial charge < -0.3 is 10.2 Å². The van der Waals surface area contributed by atoms with E-state index in [1.165, 1.54) is 0 Å². The highest BCUT2D eigenvalue weighted by atomic mass is 16.3. The van der Waals surface area contributed by atoms with Crippen molar-refractivity contribution in [3.8, 4) is 0 Å². The molecule has 0 amide bonds. The predicted molar refractivity (Wildman–Crippen MR) is 63.3 cm³/mol. The predicted octanol–water partition coefficient (Wildman–Crippen LogP) is 1.37. The molecule has 5 unspecified atom stereocenters. The minimum atomic E-state index is -0.843. The van der Waals surface area contributed by atoms with Gasteiger partial charge in [0.2, 0.25) is 0 Å². The van der Waals surface area contributed by atoms with E-state index < -0.39 is 11.5 Å². The Morgan fingerprint density at radius 1 is 1.29 bits per heavy atom. The van der Waals surface area contributed by atoms with Gasteiger partial charge in [-0.3, -0.25) is 4.79 Å². The van der Waals surface area contributed by atoms with Gasteiger partial charge in [-0.25, -0.2) is 0 Å². The highest BCUT2D eigenvalue weighted by Crippen LogP contribution is 2.76. The van der Waals surface area contributed by atoms with E-state index in [0.29, 0.717) is 5.92 Å². The van der Waals surface area contributed by atoms with Crippen molar-refractivity contribution in [3.63, 3.8) is 0 Å².